The van der Waals surface area contributed by atoms with E-state index in [9.17, 15) is 19.2 Å². The molecule has 0 saturated heterocycles. The van der Waals surface area contributed by atoms with E-state index in [4.69, 9.17) is 31.0 Å². The average Bonchev–Trinajstić information content (AvgIpc) is 2.93. The first-order valence-electron chi connectivity index (χ1n) is 9.25. The largest absolute Gasteiger partial charge is 0.478 e. The Labute approximate surface area is 194 Å². The van der Waals surface area contributed by atoms with Gasteiger partial charge in [0.15, 0.2) is 12.0 Å². The normalized spacial score (nSPS) is 12.7. The molecule has 0 aliphatic heterocycles. The van der Waals surface area contributed by atoms with Crippen molar-refractivity contribution in [3.63, 3.8) is 0 Å². The molecule has 0 bridgehead atoms. The molecule has 0 unspecified atom stereocenters. The third kappa shape index (κ3) is 7.75. The number of ether oxygens (including phenoxy) is 2. The third-order valence-electron chi connectivity index (χ3n) is 3.16. The van der Waals surface area contributed by atoms with Crippen molar-refractivity contribution < 1.29 is 38.6 Å². The second-order valence-electron chi connectivity index (χ2n) is 8.92. The molecule has 1 aromatic heterocycles. The molecule has 11 nitrogen and oxygen atoms in total. The summed E-state index contributed by atoms with van der Waals surface area (Å²) in [5.74, 6) is -1.32. The molecule has 0 atom stereocenters. The molecule has 13 heteroatoms. The smallest absolute Gasteiger partial charge is 0.426 e. The first kappa shape index (κ1) is 27.3. The number of rotatable bonds is 6. The lowest BCUT2D eigenvalue weighted by molar-refractivity contribution is -0.161. The van der Waals surface area contributed by atoms with Crippen molar-refractivity contribution in [2.75, 3.05) is 4.90 Å². The number of thiazole rings is 1. The predicted molar refractivity (Wildman–Crippen MR) is 117 cm³/mol. The van der Waals surface area contributed by atoms with Gasteiger partial charge in [0.25, 0.3) is 0 Å². The molecular formula is C19H26ClN3O8S. The highest BCUT2D eigenvalue weighted by Crippen LogP contribution is 2.33. The monoisotopic (exact) mass is 491 g/mol. The number of amides is 2. The van der Waals surface area contributed by atoms with Crippen molar-refractivity contribution in [1.29, 1.82) is 0 Å². The molecule has 1 N–H and O–H groups in total. The van der Waals surface area contributed by atoms with Crippen LogP contribution < -0.4 is 4.90 Å². The fraction of sp³-hybridized carbons (Fsp3) is 0.579. The van der Waals surface area contributed by atoms with Gasteiger partial charge in [-0.3, -0.25) is 4.79 Å². The molecular weight excluding hydrogens is 466 g/mol. The summed E-state index contributed by atoms with van der Waals surface area (Å²) in [5.41, 5.74) is -4.28. The van der Waals surface area contributed by atoms with Crippen molar-refractivity contribution >= 4 is 58.2 Å². The molecule has 2 amide bonds. The van der Waals surface area contributed by atoms with Crippen LogP contribution in [-0.2, 0) is 23.9 Å². The minimum absolute atomic E-state index is 0.111. The fourth-order valence-corrected chi connectivity index (χ4v) is 2.84. The van der Waals surface area contributed by atoms with Gasteiger partial charge in [-0.25, -0.2) is 19.4 Å². The maximum absolute atomic E-state index is 12.7. The number of hydrogen-bond donors (Lipinski definition) is 1. The third-order valence-corrected chi connectivity index (χ3v) is 4.40. The maximum atomic E-state index is 12.7. The van der Waals surface area contributed by atoms with E-state index in [2.05, 4.69) is 10.1 Å². The molecule has 0 radical (unpaired) electrons. The van der Waals surface area contributed by atoms with Crippen molar-refractivity contribution in [3.8, 4) is 0 Å². The summed E-state index contributed by atoms with van der Waals surface area (Å²) >= 11 is 6.85. The molecule has 0 saturated carbocycles. The van der Waals surface area contributed by atoms with Crippen molar-refractivity contribution in [1.82, 2.24) is 4.98 Å². The minimum atomic E-state index is -1.74. The SMILES string of the molecule is CC(C)(C)OC(=O)N(C(=O)OC(C)(C)C)c1nc(/C(C=O)=N/OC(C)(C)C(=O)O)c(Cl)s1. The van der Waals surface area contributed by atoms with E-state index in [0.29, 0.717) is 16.2 Å². The van der Waals surface area contributed by atoms with Crippen LogP contribution in [0.2, 0.25) is 4.34 Å². The Hall–Kier alpha value is -2.73. The van der Waals surface area contributed by atoms with Crippen LogP contribution in [0.15, 0.2) is 5.16 Å². The Balaban J connectivity index is 3.43. The Morgan fingerprint density at radius 3 is 1.88 bits per heavy atom. The van der Waals surface area contributed by atoms with E-state index in [1.165, 1.54) is 13.8 Å². The lowest BCUT2D eigenvalue weighted by Crippen LogP contribution is -2.43. The number of carbonyl (C=O) groups excluding carboxylic acids is 3. The lowest BCUT2D eigenvalue weighted by Gasteiger charge is -2.27. The topological polar surface area (TPSA) is 145 Å². The van der Waals surface area contributed by atoms with E-state index >= 15 is 0 Å². The van der Waals surface area contributed by atoms with Gasteiger partial charge >= 0.3 is 18.2 Å². The first-order chi connectivity index (χ1) is 14.4. The van der Waals surface area contributed by atoms with Crippen molar-refractivity contribution in [2.24, 2.45) is 5.16 Å². The number of hydrogen-bond acceptors (Lipinski definition) is 10. The van der Waals surface area contributed by atoms with Crippen LogP contribution in [0.5, 0.6) is 0 Å². The standard InChI is InChI=1S/C19H26ClN3O8S/c1-17(2,3)29-15(27)23(16(28)30-18(4,5)6)14-21-11(12(20)32-14)10(9-24)22-31-19(7,8)13(25)26/h9H,1-8H3,(H,25,26)/b22-10+. The summed E-state index contributed by atoms with van der Waals surface area (Å²) < 4.78 is 10.4. The number of aromatic nitrogens is 1. The summed E-state index contributed by atoms with van der Waals surface area (Å²) in [5, 5.41) is 12.4. The number of anilines is 1. The molecule has 1 heterocycles. The highest BCUT2D eigenvalue weighted by atomic mass is 35.5. The Bertz CT molecular complexity index is 900. The van der Waals surface area contributed by atoms with Gasteiger partial charge in [0.1, 0.15) is 21.2 Å². The number of imide groups is 1. The van der Waals surface area contributed by atoms with Crippen LogP contribution in [0.4, 0.5) is 14.7 Å². The summed E-state index contributed by atoms with van der Waals surface area (Å²) in [6.07, 6.45) is -1.90. The molecule has 0 spiro atoms. The molecule has 178 valence electrons. The van der Waals surface area contributed by atoms with Gasteiger partial charge in [0, 0.05) is 0 Å². The molecule has 32 heavy (non-hydrogen) atoms. The van der Waals surface area contributed by atoms with E-state index < -0.39 is 40.7 Å². The number of aliphatic carboxylic acids is 1. The zero-order valence-electron chi connectivity index (χ0n) is 19.0. The van der Waals surface area contributed by atoms with E-state index in [-0.39, 0.29) is 21.4 Å². The van der Waals surface area contributed by atoms with E-state index in [1.807, 2.05) is 0 Å². The van der Waals surface area contributed by atoms with Crippen LogP contribution in [0.25, 0.3) is 0 Å². The van der Waals surface area contributed by atoms with Crippen molar-refractivity contribution in [3.05, 3.63) is 10.0 Å². The first-order valence-corrected chi connectivity index (χ1v) is 10.4. The maximum Gasteiger partial charge on any atom is 0.426 e. The van der Waals surface area contributed by atoms with Gasteiger partial charge < -0.3 is 19.4 Å². The quantitative estimate of drug-likeness (QED) is 0.350. The van der Waals surface area contributed by atoms with Crippen LogP contribution in [0, 0.1) is 0 Å². The summed E-state index contributed by atoms with van der Waals surface area (Å²) in [4.78, 5) is 57.6. The predicted octanol–water partition coefficient (Wildman–Crippen LogP) is 4.26. The summed E-state index contributed by atoms with van der Waals surface area (Å²) in [6.45, 7) is 12.1. The second-order valence-corrected chi connectivity index (χ2v) is 10.5. The van der Waals surface area contributed by atoms with Crippen molar-refractivity contribution in [2.45, 2.75) is 72.2 Å². The number of aldehydes is 1. The number of carbonyl (C=O) groups is 4. The molecule has 0 aliphatic carbocycles. The number of carboxylic acid groups (broad SMARTS) is 1. The summed E-state index contributed by atoms with van der Waals surface area (Å²) in [6, 6.07) is 0. The molecule has 0 aromatic carbocycles. The number of nitrogens with zero attached hydrogens (tertiary/aromatic N) is 3. The molecule has 0 aliphatic rings. The number of oxime groups is 1. The number of halogens is 1. The highest BCUT2D eigenvalue weighted by molar-refractivity contribution is 7.20. The van der Waals surface area contributed by atoms with Crippen LogP contribution in [-0.4, -0.2) is 57.0 Å². The van der Waals surface area contributed by atoms with E-state index in [0.717, 1.165) is 0 Å². The van der Waals surface area contributed by atoms with Gasteiger partial charge in [0.05, 0.1) is 0 Å². The van der Waals surface area contributed by atoms with Crippen LogP contribution in [0.1, 0.15) is 61.1 Å². The summed E-state index contributed by atoms with van der Waals surface area (Å²) in [7, 11) is 0. The molecule has 0 fully saturated rings. The zero-order valence-corrected chi connectivity index (χ0v) is 20.6. The zero-order chi connectivity index (χ0) is 25.1. The minimum Gasteiger partial charge on any atom is -0.478 e. The number of carboxylic acids is 1. The highest BCUT2D eigenvalue weighted by Gasteiger charge is 2.36. The Morgan fingerprint density at radius 2 is 1.50 bits per heavy atom. The van der Waals surface area contributed by atoms with Crippen LogP contribution in [0.3, 0.4) is 0 Å². The Kier molecular flexibility index (Phi) is 8.38. The van der Waals surface area contributed by atoms with Gasteiger partial charge in [-0.1, -0.05) is 28.1 Å². The molecule has 1 aromatic rings. The van der Waals surface area contributed by atoms with E-state index in [1.54, 1.807) is 41.5 Å². The van der Waals surface area contributed by atoms with Crippen LogP contribution >= 0.6 is 22.9 Å². The lowest BCUT2D eigenvalue weighted by atomic mass is 10.1. The Morgan fingerprint density at radius 1 is 1.03 bits per heavy atom. The average molecular weight is 492 g/mol. The second kappa shape index (κ2) is 9.82. The van der Waals surface area contributed by atoms with Gasteiger partial charge in [-0.2, -0.15) is 4.90 Å². The fourth-order valence-electron chi connectivity index (χ4n) is 1.71. The van der Waals surface area contributed by atoms with Gasteiger partial charge in [-0.15, -0.1) is 0 Å². The van der Waals surface area contributed by atoms with Gasteiger partial charge in [0.2, 0.25) is 10.7 Å². The molecule has 1 rings (SSSR count). The van der Waals surface area contributed by atoms with Gasteiger partial charge in [-0.05, 0) is 55.4 Å².